The first kappa shape index (κ1) is 19.3. The Kier molecular flexibility index (Phi) is 4.10. The van der Waals surface area contributed by atoms with Gasteiger partial charge in [0.25, 0.3) is 0 Å². The molecule has 0 aliphatic heterocycles. The van der Waals surface area contributed by atoms with Crippen molar-refractivity contribution in [3.63, 3.8) is 0 Å². The number of rotatable bonds is 2. The lowest BCUT2D eigenvalue weighted by atomic mass is 9.40. The second-order valence-electron chi connectivity index (χ2n) is 10.3. The molecule has 0 aromatic heterocycles. The molecule has 4 rings (SSSR count). The van der Waals surface area contributed by atoms with Gasteiger partial charge < -0.3 is 15.3 Å². The van der Waals surface area contributed by atoms with E-state index in [1.54, 1.807) is 0 Å². The first-order valence-electron chi connectivity index (χ1n) is 10.3. The number of allylic oxidation sites excluding steroid dienone is 1. The summed E-state index contributed by atoms with van der Waals surface area (Å²) in [5.74, 6) is -0.213. The molecular weight excluding hydrogens is 344 g/mol. The lowest BCUT2D eigenvalue weighted by molar-refractivity contribution is -0.207. The molecule has 0 saturated heterocycles. The molecule has 0 heterocycles. The van der Waals surface area contributed by atoms with Crippen molar-refractivity contribution in [3.05, 3.63) is 11.6 Å². The number of hydrogen-bond donors (Lipinski definition) is 3. The highest BCUT2D eigenvalue weighted by Gasteiger charge is 2.71. The van der Waals surface area contributed by atoms with E-state index in [0.717, 1.165) is 25.7 Å². The fourth-order valence-corrected chi connectivity index (χ4v) is 7.99. The molecule has 3 fully saturated rings. The van der Waals surface area contributed by atoms with Crippen LogP contribution >= 0.6 is 0 Å². The fourth-order valence-electron chi connectivity index (χ4n) is 7.99. The maximum absolute atomic E-state index is 12.5. The minimum Gasteiger partial charge on any atom is -0.393 e. The van der Waals surface area contributed by atoms with Gasteiger partial charge in [0.1, 0.15) is 12.2 Å². The summed E-state index contributed by atoms with van der Waals surface area (Å²) < 4.78 is 0. The zero-order valence-electron chi connectivity index (χ0n) is 16.6. The first-order valence-corrected chi connectivity index (χ1v) is 10.3. The van der Waals surface area contributed by atoms with Gasteiger partial charge in [0.2, 0.25) is 0 Å². The minimum atomic E-state index is -1.57. The highest BCUT2D eigenvalue weighted by atomic mass is 16.3. The third kappa shape index (κ3) is 2.22. The molecule has 3 saturated carbocycles. The number of Topliss-reactive ketones (excluding diaryl/α,β-unsaturated/α-hetero) is 1. The van der Waals surface area contributed by atoms with E-state index in [2.05, 4.69) is 13.8 Å². The van der Waals surface area contributed by atoms with Gasteiger partial charge >= 0.3 is 0 Å². The lowest BCUT2D eigenvalue weighted by Crippen LogP contribution is -2.65. The van der Waals surface area contributed by atoms with Crippen molar-refractivity contribution in [2.24, 2.45) is 28.1 Å². The second kappa shape index (κ2) is 5.74. The molecule has 3 N–H and O–H groups in total. The molecule has 0 aromatic carbocycles. The van der Waals surface area contributed by atoms with E-state index in [0.29, 0.717) is 19.3 Å². The Labute approximate surface area is 160 Å². The number of aliphatic hydroxyl groups excluding tert-OH is 2. The van der Waals surface area contributed by atoms with Crippen molar-refractivity contribution in [1.82, 2.24) is 0 Å². The molecule has 0 aromatic rings. The third-order valence-electron chi connectivity index (χ3n) is 9.22. The summed E-state index contributed by atoms with van der Waals surface area (Å²) >= 11 is 0. The Bertz CT molecular complexity index is 728. The third-order valence-corrected chi connectivity index (χ3v) is 9.22. The predicted molar refractivity (Wildman–Crippen MR) is 99.8 cm³/mol. The Hall–Kier alpha value is -1.04. The van der Waals surface area contributed by atoms with Gasteiger partial charge in [-0.05, 0) is 67.3 Å². The Balaban J connectivity index is 1.80. The predicted octanol–water partition coefficient (Wildman–Crippen LogP) is 2.17. The number of ketones is 2. The van der Waals surface area contributed by atoms with E-state index < -0.39 is 29.5 Å². The van der Waals surface area contributed by atoms with Crippen LogP contribution < -0.4 is 0 Å². The number of carbonyl (C=O) groups excluding carboxylic acids is 2. The van der Waals surface area contributed by atoms with Crippen LogP contribution in [0.2, 0.25) is 0 Å². The summed E-state index contributed by atoms with van der Waals surface area (Å²) in [4.78, 5) is 24.4. The largest absolute Gasteiger partial charge is 0.393 e. The average Bonchev–Trinajstić information content (AvgIpc) is 2.87. The average molecular weight is 376 g/mol. The smallest absolute Gasteiger partial charge is 0.190 e. The van der Waals surface area contributed by atoms with E-state index in [1.807, 2.05) is 13.0 Å². The van der Waals surface area contributed by atoms with Crippen LogP contribution in [0, 0.1) is 28.1 Å². The maximum Gasteiger partial charge on any atom is 0.190 e. The molecule has 4 aliphatic carbocycles. The Morgan fingerprint density at radius 3 is 2.56 bits per heavy atom. The number of fused-ring (bicyclic) bond motifs is 5. The van der Waals surface area contributed by atoms with Crippen LogP contribution in [0.15, 0.2) is 11.6 Å². The van der Waals surface area contributed by atoms with E-state index >= 15 is 0 Å². The van der Waals surface area contributed by atoms with Crippen LogP contribution in [0.1, 0.15) is 65.7 Å². The quantitative estimate of drug-likeness (QED) is 0.687. The summed E-state index contributed by atoms with van der Waals surface area (Å²) in [5, 5.41) is 32.1. The molecule has 0 amide bonds. The minimum absolute atomic E-state index is 0.0164. The summed E-state index contributed by atoms with van der Waals surface area (Å²) in [6, 6.07) is 0. The highest BCUT2D eigenvalue weighted by molar-refractivity contribution is 5.92. The summed E-state index contributed by atoms with van der Waals surface area (Å²) in [6.07, 6.45) is 5.57. The molecule has 0 bridgehead atoms. The van der Waals surface area contributed by atoms with Crippen molar-refractivity contribution in [2.45, 2.75) is 77.4 Å². The van der Waals surface area contributed by atoms with Gasteiger partial charge in [-0.25, -0.2) is 0 Å². The van der Waals surface area contributed by atoms with Gasteiger partial charge in [-0.2, -0.15) is 0 Å². The Morgan fingerprint density at radius 2 is 1.89 bits per heavy atom. The van der Waals surface area contributed by atoms with E-state index in [9.17, 15) is 24.9 Å². The van der Waals surface area contributed by atoms with Crippen LogP contribution in [0.25, 0.3) is 0 Å². The molecular formula is C22H32O5. The van der Waals surface area contributed by atoms with Crippen molar-refractivity contribution in [2.75, 3.05) is 6.61 Å². The van der Waals surface area contributed by atoms with Gasteiger partial charge in [-0.1, -0.05) is 26.3 Å². The molecule has 27 heavy (non-hydrogen) atoms. The van der Waals surface area contributed by atoms with Gasteiger partial charge in [0, 0.05) is 11.8 Å². The highest BCUT2D eigenvalue weighted by Crippen LogP contribution is 2.72. The molecule has 0 spiro atoms. The van der Waals surface area contributed by atoms with Crippen LogP contribution in [0.4, 0.5) is 0 Å². The van der Waals surface area contributed by atoms with Gasteiger partial charge in [-0.15, -0.1) is 0 Å². The van der Waals surface area contributed by atoms with Crippen LogP contribution in [0.5, 0.6) is 0 Å². The molecule has 7 atom stereocenters. The molecule has 0 radical (unpaired) electrons. The molecule has 5 nitrogen and oxygen atoms in total. The fraction of sp³-hybridized carbons (Fsp3) is 0.818. The van der Waals surface area contributed by atoms with Crippen LogP contribution in [-0.4, -0.2) is 45.2 Å². The van der Waals surface area contributed by atoms with E-state index in [-0.39, 0.29) is 28.4 Å². The van der Waals surface area contributed by atoms with Crippen molar-refractivity contribution < 1.29 is 24.9 Å². The van der Waals surface area contributed by atoms with Crippen LogP contribution in [0.3, 0.4) is 0 Å². The van der Waals surface area contributed by atoms with E-state index in [4.69, 9.17) is 0 Å². The summed E-state index contributed by atoms with van der Waals surface area (Å²) in [6.45, 7) is 5.68. The van der Waals surface area contributed by atoms with Gasteiger partial charge in [-0.3, -0.25) is 9.59 Å². The standard InChI is InChI=1S/C22H32O5/c1-19-8-5-14(24)10-13(19)4-7-20(2)16-6-9-22(27,17(26)12-23)21(16,3)11-15(25)18(19)20/h10,15-16,18,23,25,27H,4-9,11-12H2,1-3H3. The molecule has 5 heteroatoms. The van der Waals surface area contributed by atoms with Gasteiger partial charge in [0.05, 0.1) is 6.10 Å². The monoisotopic (exact) mass is 376 g/mol. The van der Waals surface area contributed by atoms with Crippen molar-refractivity contribution >= 4 is 11.6 Å². The topological polar surface area (TPSA) is 94.8 Å². The lowest BCUT2D eigenvalue weighted by Gasteiger charge is -2.65. The van der Waals surface area contributed by atoms with Crippen LogP contribution in [-0.2, 0) is 9.59 Å². The van der Waals surface area contributed by atoms with Crippen molar-refractivity contribution in [1.29, 1.82) is 0 Å². The number of aliphatic hydroxyl groups is 3. The number of hydrogen-bond acceptors (Lipinski definition) is 5. The van der Waals surface area contributed by atoms with Gasteiger partial charge in [0.15, 0.2) is 11.6 Å². The SMILES string of the molecule is CC12CCC(=O)C=C1CCC1(C)C2C(O)CC2(C)C1CCC2(O)C(=O)CO. The van der Waals surface area contributed by atoms with Crippen molar-refractivity contribution in [3.8, 4) is 0 Å². The van der Waals surface area contributed by atoms with E-state index in [1.165, 1.54) is 5.57 Å². The maximum atomic E-state index is 12.5. The zero-order chi connectivity index (χ0) is 19.8. The summed E-state index contributed by atoms with van der Waals surface area (Å²) in [7, 11) is 0. The normalized spacial score (nSPS) is 51.9. The molecule has 4 aliphatic rings. The summed E-state index contributed by atoms with van der Waals surface area (Å²) in [5.41, 5.74) is -1.55. The first-order chi connectivity index (χ1) is 12.5. The second-order valence-corrected chi connectivity index (χ2v) is 10.3. The molecule has 150 valence electrons. The molecule has 7 unspecified atom stereocenters. The number of carbonyl (C=O) groups is 2. The zero-order valence-corrected chi connectivity index (χ0v) is 16.6. The Morgan fingerprint density at radius 1 is 1.19 bits per heavy atom.